The van der Waals surface area contributed by atoms with E-state index in [1.54, 1.807) is 0 Å². The van der Waals surface area contributed by atoms with Crippen LogP contribution in [0, 0.1) is 0 Å². The molecule has 3 aromatic carbocycles. The predicted octanol–water partition coefficient (Wildman–Crippen LogP) is 5.88. The van der Waals surface area contributed by atoms with Gasteiger partial charge in [-0.1, -0.05) is 64.8 Å². The van der Waals surface area contributed by atoms with Gasteiger partial charge in [-0.25, -0.2) is 16.8 Å². The van der Waals surface area contributed by atoms with E-state index in [0.717, 1.165) is 36.4 Å². The summed E-state index contributed by atoms with van der Waals surface area (Å²) < 4.78 is 133. The third-order valence-corrected chi connectivity index (χ3v) is 13.4. The zero-order chi connectivity index (χ0) is 25.4. The number of benzene rings is 3. The zero-order valence-corrected chi connectivity index (χ0v) is 19.2. The average molecular weight is 544 g/mol. The Balaban J connectivity index is 2.69. The lowest BCUT2D eigenvalue weighted by Crippen LogP contribution is -2.50. The normalized spacial score (nSPS) is 14.2. The molecule has 0 N–H and O–H groups in total. The second kappa shape index (κ2) is 8.91. The van der Waals surface area contributed by atoms with Gasteiger partial charge in [0.05, 0.1) is 0 Å². The van der Waals surface area contributed by atoms with E-state index in [2.05, 4.69) is 0 Å². The number of hydrogen-bond donors (Lipinski definition) is 0. The van der Waals surface area contributed by atoms with Crippen LogP contribution in [0.2, 0.25) is 0 Å². The lowest BCUT2D eigenvalue weighted by molar-refractivity contribution is -0.0505. The SMILES string of the molecule is O=S(=O)(N(S(c1ccccc1)(c1ccccc1)c1ccccc1)S(=O)(=O)C(F)(F)F)C(F)(F)F. The van der Waals surface area contributed by atoms with Crippen LogP contribution in [0.15, 0.2) is 106 Å². The number of alkyl halides is 6. The van der Waals surface area contributed by atoms with Crippen molar-refractivity contribution in [3.8, 4) is 0 Å². The first kappa shape index (κ1) is 26.1. The molecule has 0 aliphatic heterocycles. The minimum atomic E-state index is -7.12. The summed E-state index contributed by atoms with van der Waals surface area (Å²) >= 11 is 0. The molecule has 34 heavy (non-hydrogen) atoms. The molecule has 0 spiro atoms. The standard InChI is InChI=1S/C20H15F6NO4S3/c21-19(22,23)33(28,29)27(34(30,31)20(24,25)26)32(16-10-4-1-5-11-16,17-12-6-2-7-13-17)18-14-8-3-9-15-18/h1-15H. The smallest absolute Gasteiger partial charge is 0.201 e. The Kier molecular flexibility index (Phi) is 6.83. The van der Waals surface area contributed by atoms with Crippen LogP contribution in [0.1, 0.15) is 0 Å². The van der Waals surface area contributed by atoms with E-state index in [-0.39, 0.29) is 14.7 Å². The van der Waals surface area contributed by atoms with Crippen molar-refractivity contribution < 1.29 is 43.2 Å². The summed E-state index contributed by atoms with van der Waals surface area (Å²) in [7, 11) is -18.7. The molecule has 0 unspecified atom stereocenters. The van der Waals surface area contributed by atoms with Crippen LogP contribution in [-0.4, -0.2) is 31.0 Å². The van der Waals surface area contributed by atoms with Gasteiger partial charge in [0.1, 0.15) is 0 Å². The van der Waals surface area contributed by atoms with Gasteiger partial charge < -0.3 is 0 Å². The van der Waals surface area contributed by atoms with Crippen molar-refractivity contribution >= 4 is 30.3 Å². The van der Waals surface area contributed by atoms with Crippen molar-refractivity contribution in [1.82, 2.24) is 3.12 Å². The fourth-order valence-electron chi connectivity index (χ4n) is 3.11. The van der Waals surface area contributed by atoms with Gasteiger partial charge in [-0.05, 0) is 39.5 Å². The number of halogens is 6. The van der Waals surface area contributed by atoms with Gasteiger partial charge in [0.25, 0.3) is 0 Å². The van der Waals surface area contributed by atoms with Gasteiger partial charge in [-0.15, -0.1) is 0 Å². The second-order valence-corrected chi connectivity index (χ2v) is 13.8. The first-order chi connectivity index (χ1) is 15.7. The highest BCUT2D eigenvalue weighted by molar-refractivity contribution is 8.41. The maximum absolute atomic E-state index is 13.8. The van der Waals surface area contributed by atoms with E-state index in [9.17, 15) is 43.2 Å². The van der Waals surface area contributed by atoms with Crippen molar-refractivity contribution in [2.24, 2.45) is 0 Å². The van der Waals surface area contributed by atoms with Crippen LogP contribution >= 0.6 is 10.2 Å². The molecule has 0 atom stereocenters. The summed E-state index contributed by atoms with van der Waals surface area (Å²) in [6.45, 7) is 0. The molecule has 0 bridgehead atoms. The minimum absolute atomic E-state index is 0.381. The molecule has 14 heteroatoms. The minimum Gasteiger partial charge on any atom is -0.201 e. The third kappa shape index (κ3) is 4.19. The first-order valence-electron chi connectivity index (χ1n) is 9.10. The lowest BCUT2D eigenvalue weighted by Gasteiger charge is -2.47. The molecule has 0 heterocycles. The number of rotatable bonds is 6. The fourth-order valence-corrected chi connectivity index (χ4v) is 12.4. The molecular weight excluding hydrogens is 528 g/mol. The topological polar surface area (TPSA) is 71.5 Å². The molecule has 5 nitrogen and oxygen atoms in total. The Morgan fingerprint density at radius 3 is 0.912 bits per heavy atom. The van der Waals surface area contributed by atoms with Crippen molar-refractivity contribution in [1.29, 1.82) is 0 Å². The largest absolute Gasteiger partial charge is 0.513 e. The maximum atomic E-state index is 13.8. The van der Waals surface area contributed by atoms with E-state index in [1.165, 1.54) is 54.6 Å². The van der Waals surface area contributed by atoms with Crippen LogP contribution in [0.5, 0.6) is 0 Å². The van der Waals surface area contributed by atoms with Gasteiger partial charge in [-0.3, -0.25) is 0 Å². The molecule has 0 aromatic heterocycles. The highest BCUT2D eigenvalue weighted by Crippen LogP contribution is 2.73. The fraction of sp³-hybridized carbons (Fsp3) is 0.100. The van der Waals surface area contributed by atoms with Crippen molar-refractivity contribution in [3.63, 3.8) is 0 Å². The monoisotopic (exact) mass is 543 g/mol. The highest BCUT2D eigenvalue weighted by Gasteiger charge is 2.67. The van der Waals surface area contributed by atoms with Crippen LogP contribution in [0.25, 0.3) is 0 Å². The third-order valence-electron chi connectivity index (χ3n) is 4.45. The van der Waals surface area contributed by atoms with E-state index in [0.29, 0.717) is 0 Å². The summed E-state index contributed by atoms with van der Waals surface area (Å²) in [5, 5.41) is 0. The highest BCUT2D eigenvalue weighted by atomic mass is 32.4. The lowest BCUT2D eigenvalue weighted by atomic mass is 10.4. The first-order valence-corrected chi connectivity index (χ1v) is 13.6. The van der Waals surface area contributed by atoms with E-state index < -0.39 is 44.4 Å². The van der Waals surface area contributed by atoms with Crippen LogP contribution < -0.4 is 0 Å². The van der Waals surface area contributed by atoms with Gasteiger partial charge in [0, 0.05) is 14.7 Å². The average Bonchev–Trinajstić information content (AvgIpc) is 2.77. The Labute approximate surface area is 193 Å². The number of nitrogens with zero attached hydrogens (tertiary/aromatic N) is 1. The summed E-state index contributed by atoms with van der Waals surface area (Å²) in [5.41, 5.74) is -12.7. The molecule has 0 amide bonds. The molecular formula is C20H15F6NO4S3. The summed E-state index contributed by atoms with van der Waals surface area (Å²) in [5.74, 6) is 0. The molecule has 0 saturated carbocycles. The van der Waals surface area contributed by atoms with Crippen molar-refractivity contribution in [2.75, 3.05) is 0 Å². The molecule has 0 aliphatic carbocycles. The van der Waals surface area contributed by atoms with E-state index >= 15 is 0 Å². The molecule has 3 aromatic rings. The zero-order valence-electron chi connectivity index (χ0n) is 16.7. The Hall–Kier alpha value is -2.55. The molecule has 0 fully saturated rings. The van der Waals surface area contributed by atoms with Gasteiger partial charge in [0.15, 0.2) is 0 Å². The van der Waals surface area contributed by atoms with E-state index in [4.69, 9.17) is 0 Å². The second-order valence-electron chi connectivity index (χ2n) is 6.58. The molecule has 184 valence electrons. The number of sulfonamides is 2. The summed E-state index contributed by atoms with van der Waals surface area (Å²) in [6.07, 6.45) is 0. The molecule has 0 radical (unpaired) electrons. The van der Waals surface area contributed by atoms with Crippen molar-refractivity contribution in [3.05, 3.63) is 91.0 Å². The Morgan fingerprint density at radius 2 is 0.706 bits per heavy atom. The number of hydrogen-bond acceptors (Lipinski definition) is 4. The van der Waals surface area contributed by atoms with Gasteiger partial charge >= 0.3 is 31.1 Å². The molecule has 3 rings (SSSR count). The van der Waals surface area contributed by atoms with Crippen LogP contribution in [0.3, 0.4) is 0 Å². The Bertz CT molecular complexity index is 1210. The van der Waals surface area contributed by atoms with E-state index in [1.807, 2.05) is 0 Å². The van der Waals surface area contributed by atoms with Crippen LogP contribution in [0.4, 0.5) is 26.3 Å². The molecule has 0 saturated heterocycles. The maximum Gasteiger partial charge on any atom is 0.513 e. The summed E-state index contributed by atoms with van der Waals surface area (Å²) in [4.78, 5) is -1.14. The van der Waals surface area contributed by atoms with Gasteiger partial charge in [-0.2, -0.15) is 26.3 Å². The Morgan fingerprint density at radius 1 is 0.471 bits per heavy atom. The van der Waals surface area contributed by atoms with Gasteiger partial charge in [0.2, 0.25) is 0 Å². The van der Waals surface area contributed by atoms with Crippen LogP contribution in [-0.2, 0) is 20.0 Å². The quantitative estimate of drug-likeness (QED) is 0.364. The predicted molar refractivity (Wildman–Crippen MR) is 114 cm³/mol. The van der Waals surface area contributed by atoms with Crippen molar-refractivity contribution in [2.45, 2.75) is 25.7 Å². The molecule has 0 aliphatic rings. The summed E-state index contributed by atoms with van der Waals surface area (Å²) in [6, 6.07) is 18.2.